The van der Waals surface area contributed by atoms with E-state index in [1.807, 2.05) is 0 Å². The SMILES string of the molecule is O=c1c(Br)cccn1Br. The van der Waals surface area contributed by atoms with E-state index in [2.05, 4.69) is 32.1 Å². The van der Waals surface area contributed by atoms with E-state index < -0.39 is 0 Å². The summed E-state index contributed by atoms with van der Waals surface area (Å²) in [5.41, 5.74) is -0.0856. The van der Waals surface area contributed by atoms with Gasteiger partial charge in [0.15, 0.2) is 0 Å². The lowest BCUT2D eigenvalue weighted by molar-refractivity contribution is 1.16. The highest BCUT2D eigenvalue weighted by atomic mass is 79.9. The molecule has 4 heteroatoms. The van der Waals surface area contributed by atoms with Gasteiger partial charge >= 0.3 is 0 Å². The molecule has 0 aliphatic heterocycles. The van der Waals surface area contributed by atoms with Gasteiger partial charge in [-0.25, -0.2) is 3.59 Å². The third kappa shape index (κ3) is 1.43. The second-order valence-electron chi connectivity index (χ2n) is 1.47. The molecule has 0 aromatic carbocycles. The molecular weight excluding hydrogens is 250 g/mol. The third-order valence-electron chi connectivity index (χ3n) is 0.858. The van der Waals surface area contributed by atoms with Crippen molar-refractivity contribution >= 4 is 32.1 Å². The molecule has 9 heavy (non-hydrogen) atoms. The fourth-order valence-electron chi connectivity index (χ4n) is 0.444. The number of rotatable bonds is 0. The minimum absolute atomic E-state index is 0.0856. The highest BCUT2D eigenvalue weighted by molar-refractivity contribution is 9.10. The molecule has 0 aliphatic rings. The van der Waals surface area contributed by atoms with Crippen molar-refractivity contribution in [2.75, 3.05) is 0 Å². The monoisotopic (exact) mass is 251 g/mol. The van der Waals surface area contributed by atoms with Crippen LogP contribution in [0.5, 0.6) is 0 Å². The Morgan fingerprint density at radius 2 is 2.22 bits per heavy atom. The minimum Gasteiger partial charge on any atom is -0.267 e. The molecule has 1 aromatic rings. The summed E-state index contributed by atoms with van der Waals surface area (Å²) in [5.74, 6) is 0. The molecule has 1 rings (SSSR count). The van der Waals surface area contributed by atoms with Crippen LogP contribution in [0.25, 0.3) is 0 Å². The highest BCUT2D eigenvalue weighted by Crippen LogP contribution is 2.01. The van der Waals surface area contributed by atoms with Crippen LogP contribution in [0.2, 0.25) is 0 Å². The molecule has 0 N–H and O–H groups in total. The maximum absolute atomic E-state index is 10.8. The van der Waals surface area contributed by atoms with Crippen LogP contribution in [0.1, 0.15) is 0 Å². The van der Waals surface area contributed by atoms with Crippen molar-refractivity contribution in [1.29, 1.82) is 0 Å². The fourth-order valence-corrected chi connectivity index (χ4v) is 1.35. The van der Waals surface area contributed by atoms with Gasteiger partial charge in [0.1, 0.15) is 0 Å². The first kappa shape index (κ1) is 7.02. The minimum atomic E-state index is -0.0856. The van der Waals surface area contributed by atoms with Crippen molar-refractivity contribution in [2.45, 2.75) is 0 Å². The second kappa shape index (κ2) is 2.66. The molecule has 1 heterocycles. The quantitative estimate of drug-likeness (QED) is 0.690. The lowest BCUT2D eigenvalue weighted by Crippen LogP contribution is -2.10. The van der Waals surface area contributed by atoms with Crippen molar-refractivity contribution in [3.8, 4) is 0 Å². The van der Waals surface area contributed by atoms with E-state index in [1.165, 1.54) is 3.59 Å². The zero-order chi connectivity index (χ0) is 6.85. The van der Waals surface area contributed by atoms with E-state index in [-0.39, 0.29) is 5.56 Å². The molecule has 48 valence electrons. The number of hydrogen-bond acceptors (Lipinski definition) is 1. The Balaban J connectivity index is 3.43. The summed E-state index contributed by atoms with van der Waals surface area (Å²) in [4.78, 5) is 10.8. The van der Waals surface area contributed by atoms with Crippen molar-refractivity contribution < 1.29 is 0 Å². The van der Waals surface area contributed by atoms with E-state index in [0.717, 1.165) is 0 Å². The molecule has 2 nitrogen and oxygen atoms in total. The first-order valence-corrected chi connectivity index (χ1v) is 3.75. The normalized spacial score (nSPS) is 9.56. The highest BCUT2D eigenvalue weighted by Gasteiger charge is 1.93. The predicted octanol–water partition coefficient (Wildman–Crippen LogP) is 1.77. The Hall–Kier alpha value is -0.0900. The van der Waals surface area contributed by atoms with Crippen molar-refractivity contribution in [2.24, 2.45) is 0 Å². The summed E-state index contributed by atoms with van der Waals surface area (Å²) in [6, 6.07) is 3.46. The van der Waals surface area contributed by atoms with Gasteiger partial charge in [0.05, 0.1) is 20.6 Å². The van der Waals surface area contributed by atoms with Crippen LogP contribution in [-0.2, 0) is 0 Å². The summed E-state index contributed by atoms with van der Waals surface area (Å²) in [5, 5.41) is 0. The van der Waals surface area contributed by atoms with Crippen LogP contribution in [0.15, 0.2) is 27.6 Å². The molecule has 0 radical (unpaired) electrons. The first-order valence-electron chi connectivity index (χ1n) is 2.25. The van der Waals surface area contributed by atoms with Crippen LogP contribution in [-0.4, -0.2) is 3.59 Å². The average Bonchev–Trinajstić information content (AvgIpc) is 1.83. The van der Waals surface area contributed by atoms with Gasteiger partial charge in [-0.1, -0.05) is 0 Å². The molecule has 0 fully saturated rings. The zero-order valence-electron chi connectivity index (χ0n) is 4.34. The van der Waals surface area contributed by atoms with Gasteiger partial charge in [0.2, 0.25) is 0 Å². The maximum Gasteiger partial charge on any atom is 0.274 e. The van der Waals surface area contributed by atoms with Gasteiger partial charge in [0, 0.05) is 6.20 Å². The number of aromatic nitrogens is 1. The van der Waals surface area contributed by atoms with Gasteiger partial charge in [-0.3, -0.25) is 4.79 Å². The Bertz CT molecular complexity index is 245. The van der Waals surface area contributed by atoms with E-state index >= 15 is 0 Å². The first-order chi connectivity index (χ1) is 4.22. The van der Waals surface area contributed by atoms with Crippen LogP contribution in [0.3, 0.4) is 0 Å². The van der Waals surface area contributed by atoms with Crippen molar-refractivity contribution in [3.63, 3.8) is 0 Å². The number of halogens is 2. The van der Waals surface area contributed by atoms with Crippen LogP contribution >= 0.6 is 32.1 Å². The molecule has 0 bridgehead atoms. The topological polar surface area (TPSA) is 22.0 Å². The van der Waals surface area contributed by atoms with Gasteiger partial charge in [-0.05, 0) is 28.1 Å². The fraction of sp³-hybridized carbons (Fsp3) is 0. The van der Waals surface area contributed by atoms with E-state index in [9.17, 15) is 4.79 Å². The molecule has 0 saturated heterocycles. The average molecular weight is 253 g/mol. The number of nitrogens with zero attached hydrogens (tertiary/aromatic N) is 1. The largest absolute Gasteiger partial charge is 0.274 e. The van der Waals surface area contributed by atoms with E-state index in [4.69, 9.17) is 0 Å². The molecule has 0 amide bonds. The summed E-state index contributed by atoms with van der Waals surface area (Å²) in [6.07, 6.45) is 1.63. The van der Waals surface area contributed by atoms with Crippen molar-refractivity contribution in [1.82, 2.24) is 3.59 Å². The zero-order valence-corrected chi connectivity index (χ0v) is 7.52. The Labute approximate surface area is 69.0 Å². The van der Waals surface area contributed by atoms with Gasteiger partial charge in [-0.2, -0.15) is 0 Å². The molecular formula is C5H3Br2NO. The Kier molecular flexibility index (Phi) is 2.08. The molecule has 0 unspecified atom stereocenters. The molecule has 1 aromatic heterocycles. The third-order valence-corrected chi connectivity index (χ3v) is 2.02. The summed E-state index contributed by atoms with van der Waals surface area (Å²) < 4.78 is 1.89. The number of hydrogen-bond donors (Lipinski definition) is 0. The maximum atomic E-state index is 10.8. The summed E-state index contributed by atoms with van der Waals surface area (Å²) in [6.45, 7) is 0. The summed E-state index contributed by atoms with van der Waals surface area (Å²) in [7, 11) is 0. The smallest absolute Gasteiger partial charge is 0.267 e. The lowest BCUT2D eigenvalue weighted by atomic mass is 10.5. The van der Waals surface area contributed by atoms with E-state index in [1.54, 1.807) is 18.3 Å². The molecule has 0 spiro atoms. The lowest BCUT2D eigenvalue weighted by Gasteiger charge is -1.90. The standard InChI is InChI=1S/C5H3Br2NO/c6-4-2-1-3-8(7)5(4)9/h1-3H. The van der Waals surface area contributed by atoms with E-state index in [0.29, 0.717) is 4.47 Å². The predicted molar refractivity (Wildman–Crippen MR) is 42.7 cm³/mol. The van der Waals surface area contributed by atoms with Gasteiger partial charge in [-0.15, -0.1) is 0 Å². The second-order valence-corrected chi connectivity index (χ2v) is 3.09. The van der Waals surface area contributed by atoms with Crippen molar-refractivity contribution in [3.05, 3.63) is 33.2 Å². The van der Waals surface area contributed by atoms with Crippen LogP contribution in [0, 0.1) is 0 Å². The molecule has 0 atom stereocenters. The van der Waals surface area contributed by atoms with Gasteiger partial charge in [0.25, 0.3) is 5.56 Å². The number of pyridine rings is 1. The molecule has 0 aliphatic carbocycles. The molecule has 0 saturated carbocycles. The van der Waals surface area contributed by atoms with Crippen LogP contribution < -0.4 is 5.56 Å². The van der Waals surface area contributed by atoms with Gasteiger partial charge < -0.3 is 0 Å². The Morgan fingerprint density at radius 1 is 1.56 bits per heavy atom. The Morgan fingerprint density at radius 3 is 2.67 bits per heavy atom. The van der Waals surface area contributed by atoms with Crippen LogP contribution in [0.4, 0.5) is 0 Å². The summed E-state index contributed by atoms with van der Waals surface area (Å²) >= 11 is 6.10.